The Morgan fingerprint density at radius 1 is 1.23 bits per heavy atom. The van der Waals surface area contributed by atoms with Gasteiger partial charge in [-0.05, 0) is 31.7 Å². The van der Waals surface area contributed by atoms with Crippen molar-refractivity contribution in [1.29, 1.82) is 0 Å². The van der Waals surface area contributed by atoms with E-state index >= 15 is 0 Å². The third-order valence-corrected chi connectivity index (χ3v) is 5.04. The Labute approximate surface area is 148 Å². The van der Waals surface area contributed by atoms with Gasteiger partial charge in [-0.2, -0.15) is 5.10 Å². The molecule has 0 spiro atoms. The lowest BCUT2D eigenvalue weighted by Gasteiger charge is -2.28. The maximum absolute atomic E-state index is 13.3. The molecule has 2 aliphatic rings. The number of nitrogens with two attached hydrogens (primary N) is 1. The third kappa shape index (κ3) is 3.02. The summed E-state index contributed by atoms with van der Waals surface area (Å²) < 4.78 is 27.9. The first kappa shape index (κ1) is 16.9. The number of rotatable bonds is 4. The minimum atomic E-state index is -2.65. The van der Waals surface area contributed by atoms with Crippen molar-refractivity contribution in [2.45, 2.75) is 56.4 Å². The van der Waals surface area contributed by atoms with Crippen LogP contribution >= 0.6 is 0 Å². The summed E-state index contributed by atoms with van der Waals surface area (Å²) in [6, 6.07) is 1.19. The van der Waals surface area contributed by atoms with Gasteiger partial charge >= 0.3 is 0 Å². The fourth-order valence-corrected chi connectivity index (χ4v) is 3.46. The molecule has 2 aromatic heterocycles. The molecule has 0 aromatic carbocycles. The summed E-state index contributed by atoms with van der Waals surface area (Å²) in [7, 11) is 0. The number of fused-ring (bicyclic) bond motifs is 1. The largest absolute Gasteiger partial charge is 0.365 e. The Hall–Kier alpha value is -2.58. The number of hydrogen-bond acceptors (Lipinski definition) is 4. The molecule has 0 saturated heterocycles. The van der Waals surface area contributed by atoms with E-state index in [9.17, 15) is 18.4 Å². The van der Waals surface area contributed by atoms with Crippen molar-refractivity contribution < 1.29 is 18.4 Å². The molecule has 0 radical (unpaired) electrons. The predicted molar refractivity (Wildman–Crippen MR) is 88.1 cm³/mol. The molecule has 7 nitrogen and oxygen atoms in total. The molecule has 138 valence electrons. The van der Waals surface area contributed by atoms with E-state index in [1.807, 2.05) is 0 Å². The van der Waals surface area contributed by atoms with Gasteiger partial charge in [0.2, 0.25) is 5.92 Å². The fourth-order valence-electron chi connectivity index (χ4n) is 3.46. The molecule has 2 saturated carbocycles. The average molecular weight is 363 g/mol. The van der Waals surface area contributed by atoms with Gasteiger partial charge in [-0.1, -0.05) is 0 Å². The summed E-state index contributed by atoms with van der Waals surface area (Å²) in [4.78, 5) is 28.7. The van der Waals surface area contributed by atoms with Gasteiger partial charge in [0.05, 0.1) is 5.69 Å². The maximum Gasteiger partial charge on any atom is 0.270 e. The predicted octanol–water partition coefficient (Wildman–Crippen LogP) is 2.01. The molecular weight excluding hydrogens is 344 g/mol. The number of nitrogens with zero attached hydrogens (tertiary/aromatic N) is 3. The van der Waals surface area contributed by atoms with Crippen LogP contribution in [0.3, 0.4) is 0 Å². The molecule has 2 aromatic rings. The van der Waals surface area contributed by atoms with Crippen LogP contribution < -0.4 is 11.1 Å². The van der Waals surface area contributed by atoms with Crippen LogP contribution in [0.5, 0.6) is 0 Å². The van der Waals surface area contributed by atoms with Gasteiger partial charge in [0, 0.05) is 31.0 Å². The van der Waals surface area contributed by atoms with Crippen molar-refractivity contribution in [3.05, 3.63) is 29.2 Å². The molecule has 3 N–H and O–H groups in total. The van der Waals surface area contributed by atoms with Crippen LogP contribution in [0, 0.1) is 0 Å². The zero-order valence-electron chi connectivity index (χ0n) is 14.0. The smallest absolute Gasteiger partial charge is 0.270 e. The molecule has 9 heteroatoms. The van der Waals surface area contributed by atoms with E-state index < -0.39 is 17.7 Å². The van der Waals surface area contributed by atoms with E-state index in [0.29, 0.717) is 5.69 Å². The van der Waals surface area contributed by atoms with Crippen LogP contribution in [0.4, 0.5) is 8.78 Å². The van der Waals surface area contributed by atoms with E-state index in [4.69, 9.17) is 5.73 Å². The quantitative estimate of drug-likeness (QED) is 0.867. The Morgan fingerprint density at radius 3 is 2.54 bits per heavy atom. The van der Waals surface area contributed by atoms with E-state index in [0.717, 1.165) is 12.8 Å². The zero-order valence-corrected chi connectivity index (χ0v) is 14.0. The van der Waals surface area contributed by atoms with Crippen LogP contribution in [0.25, 0.3) is 5.65 Å². The molecule has 0 unspecified atom stereocenters. The lowest BCUT2D eigenvalue weighted by Crippen LogP contribution is -2.40. The summed E-state index contributed by atoms with van der Waals surface area (Å²) in [6.07, 6.45) is 3.25. The number of nitrogens with one attached hydrogen (secondary N) is 1. The molecule has 26 heavy (non-hydrogen) atoms. The molecule has 0 bridgehead atoms. The minimum absolute atomic E-state index is 0.163. The molecule has 0 atom stereocenters. The van der Waals surface area contributed by atoms with Crippen LogP contribution in [0.2, 0.25) is 0 Å². The van der Waals surface area contributed by atoms with E-state index in [-0.39, 0.29) is 54.5 Å². The number of primary amides is 1. The lowest BCUT2D eigenvalue weighted by atomic mass is 9.92. The van der Waals surface area contributed by atoms with Crippen molar-refractivity contribution in [1.82, 2.24) is 19.9 Å². The summed E-state index contributed by atoms with van der Waals surface area (Å²) in [5.74, 6) is -3.53. The molecule has 4 rings (SSSR count). The van der Waals surface area contributed by atoms with E-state index in [1.165, 1.54) is 16.8 Å². The van der Waals surface area contributed by atoms with Crippen molar-refractivity contribution in [2.75, 3.05) is 0 Å². The first-order chi connectivity index (χ1) is 12.4. The van der Waals surface area contributed by atoms with E-state index in [1.54, 1.807) is 0 Å². The average Bonchev–Trinajstić information content (AvgIpc) is 3.35. The highest BCUT2D eigenvalue weighted by Gasteiger charge is 2.36. The maximum atomic E-state index is 13.3. The van der Waals surface area contributed by atoms with E-state index in [2.05, 4.69) is 15.4 Å². The Bertz CT molecular complexity index is 881. The number of hydrogen-bond donors (Lipinski definition) is 2. The van der Waals surface area contributed by atoms with Gasteiger partial charge in [0.15, 0.2) is 5.65 Å². The lowest BCUT2D eigenvalue weighted by molar-refractivity contribution is -0.0399. The zero-order chi connectivity index (χ0) is 18.5. The van der Waals surface area contributed by atoms with Crippen LogP contribution in [0.15, 0.2) is 12.3 Å². The molecule has 2 fully saturated rings. The number of alkyl halides is 2. The number of aromatic nitrogens is 3. The summed E-state index contributed by atoms with van der Waals surface area (Å²) in [5.41, 5.74) is 6.77. The molecule has 2 heterocycles. The summed E-state index contributed by atoms with van der Waals surface area (Å²) in [5, 5.41) is 7.20. The molecule has 2 aliphatic carbocycles. The normalized spacial score (nSPS) is 20.2. The second kappa shape index (κ2) is 6.00. The number of carbonyl (C=O) groups is 2. The van der Waals surface area contributed by atoms with Crippen LogP contribution in [-0.4, -0.2) is 38.4 Å². The van der Waals surface area contributed by atoms with Crippen molar-refractivity contribution >= 4 is 17.5 Å². The van der Waals surface area contributed by atoms with Gasteiger partial charge in [0.25, 0.3) is 11.8 Å². The summed E-state index contributed by atoms with van der Waals surface area (Å²) >= 11 is 0. The molecular formula is C17H19F2N5O2. The second-order valence-corrected chi connectivity index (χ2v) is 7.07. The van der Waals surface area contributed by atoms with Crippen molar-refractivity contribution in [3.8, 4) is 0 Å². The highest BCUT2D eigenvalue weighted by atomic mass is 19.3. The number of halogens is 2. The highest BCUT2D eigenvalue weighted by Crippen LogP contribution is 2.41. The second-order valence-electron chi connectivity index (χ2n) is 7.07. The number of amides is 2. The first-order valence-corrected chi connectivity index (χ1v) is 8.72. The Morgan fingerprint density at radius 2 is 1.92 bits per heavy atom. The molecule has 0 aliphatic heterocycles. The standard InChI is InChI=1S/C17H19F2N5O2/c18-17(19)6-3-10(4-7-17)22-16(26)11-5-8-21-15-12(14(20)25)13(9-1-2-9)23-24(11)15/h5,8-10H,1-4,6-7H2,(H2,20,25)(H,22,26). The third-order valence-electron chi connectivity index (χ3n) is 5.04. The summed E-state index contributed by atoms with van der Waals surface area (Å²) in [6.45, 7) is 0. The van der Waals surface area contributed by atoms with Gasteiger partial charge in [0.1, 0.15) is 11.3 Å². The molecule has 2 amide bonds. The van der Waals surface area contributed by atoms with Crippen LogP contribution in [-0.2, 0) is 0 Å². The van der Waals surface area contributed by atoms with Gasteiger partial charge in [-0.25, -0.2) is 18.3 Å². The Balaban J connectivity index is 1.63. The van der Waals surface area contributed by atoms with Crippen molar-refractivity contribution in [2.24, 2.45) is 5.73 Å². The van der Waals surface area contributed by atoms with Crippen molar-refractivity contribution in [3.63, 3.8) is 0 Å². The van der Waals surface area contributed by atoms with Gasteiger partial charge in [-0.15, -0.1) is 0 Å². The fraction of sp³-hybridized carbons (Fsp3) is 0.529. The monoisotopic (exact) mass is 363 g/mol. The highest BCUT2D eigenvalue weighted by molar-refractivity contribution is 6.01. The Kier molecular flexibility index (Phi) is 3.89. The first-order valence-electron chi connectivity index (χ1n) is 8.72. The minimum Gasteiger partial charge on any atom is -0.365 e. The van der Waals surface area contributed by atoms with Gasteiger partial charge in [-0.3, -0.25) is 9.59 Å². The topological polar surface area (TPSA) is 102 Å². The van der Waals surface area contributed by atoms with Crippen LogP contribution in [0.1, 0.15) is 71.0 Å². The van der Waals surface area contributed by atoms with Gasteiger partial charge < -0.3 is 11.1 Å². The number of carbonyl (C=O) groups excluding carboxylic acids is 2. The SMILES string of the molecule is NC(=O)c1c(C2CC2)nn2c(C(=O)NC3CCC(F)(F)CC3)ccnc12.